The summed E-state index contributed by atoms with van der Waals surface area (Å²) in [7, 11) is 0. The Morgan fingerprint density at radius 1 is 0.692 bits per heavy atom. The van der Waals surface area contributed by atoms with Gasteiger partial charge in [-0.15, -0.1) is 0 Å². The van der Waals surface area contributed by atoms with E-state index in [0.29, 0.717) is 13.1 Å². The van der Waals surface area contributed by atoms with Crippen molar-refractivity contribution in [3.8, 4) is 0 Å². The molecule has 0 saturated carbocycles. The second kappa shape index (κ2) is 23.2. The van der Waals surface area contributed by atoms with Gasteiger partial charge in [-0.2, -0.15) is 0 Å². The zero-order valence-electron chi connectivity index (χ0n) is 7.21. The second-order valence-electron chi connectivity index (χ2n) is 1.95. The van der Waals surface area contributed by atoms with Gasteiger partial charge < -0.3 is 45.7 Å². The third-order valence-electron chi connectivity index (χ3n) is 1.06. The zero-order valence-corrected chi connectivity index (χ0v) is 11.0. The first kappa shape index (κ1) is 23.7. The molecule has 7 heteroatoms. The molecule has 0 aliphatic rings. The fourth-order valence-electron chi connectivity index (χ4n) is 0.585. The van der Waals surface area contributed by atoms with Crippen LogP contribution in [0.4, 0.5) is 0 Å². The van der Waals surface area contributed by atoms with Crippen LogP contribution in [-0.4, -0.2) is 49.6 Å². The molecule has 0 aliphatic heterocycles. The van der Waals surface area contributed by atoms with Gasteiger partial charge in [-0.05, 0) is 0 Å². The van der Waals surface area contributed by atoms with Crippen LogP contribution in [0, 0.1) is 0 Å². The summed E-state index contributed by atoms with van der Waals surface area (Å²) in [4.78, 5) is 0. The summed E-state index contributed by atoms with van der Waals surface area (Å²) < 4.78 is 0. The van der Waals surface area contributed by atoms with Crippen molar-refractivity contribution in [3.05, 3.63) is 0 Å². The first-order valence-electron chi connectivity index (χ1n) is 3.55. The molecule has 0 aromatic rings. The van der Waals surface area contributed by atoms with Crippen LogP contribution in [0.15, 0.2) is 0 Å². The molecule has 13 heavy (non-hydrogen) atoms. The van der Waals surface area contributed by atoms with Crippen LogP contribution in [0.2, 0.25) is 0 Å². The fourth-order valence-corrected chi connectivity index (χ4v) is 0.585. The van der Waals surface area contributed by atoms with Crippen molar-refractivity contribution in [1.29, 1.82) is 0 Å². The van der Waals surface area contributed by atoms with Crippen LogP contribution >= 0.6 is 0 Å². The van der Waals surface area contributed by atoms with E-state index in [9.17, 15) is 0 Å². The molecule has 0 heterocycles. The normalized spacial score (nSPS) is 7.85. The van der Waals surface area contributed by atoms with E-state index in [4.69, 9.17) is 10.2 Å². The summed E-state index contributed by atoms with van der Waals surface area (Å²) >= 11 is 0. The molecule has 0 aromatic carbocycles. The van der Waals surface area contributed by atoms with Crippen LogP contribution in [0.25, 0.3) is 0 Å². The number of aliphatic hydroxyl groups excluding tert-OH is 2. The van der Waals surface area contributed by atoms with Crippen molar-refractivity contribution in [2.75, 3.05) is 39.4 Å². The van der Waals surface area contributed by atoms with Gasteiger partial charge in [0.15, 0.2) is 0 Å². The van der Waals surface area contributed by atoms with Gasteiger partial charge in [-0.1, -0.05) is 0 Å². The Hall–Kier alpha value is 1.11. The van der Waals surface area contributed by atoms with Gasteiger partial charge in [0, 0.05) is 26.2 Å². The van der Waals surface area contributed by atoms with E-state index in [2.05, 4.69) is 10.6 Å². The largest absolute Gasteiger partial charge is 2.00 e. The van der Waals surface area contributed by atoms with Crippen LogP contribution in [0.5, 0.6) is 0 Å². The van der Waals surface area contributed by atoms with Gasteiger partial charge in [-0.3, -0.25) is 0 Å². The molecule has 4 nitrogen and oxygen atoms in total. The third kappa shape index (κ3) is 24.6. The molecule has 86 valence electrons. The zero-order chi connectivity index (χ0) is 7.66. The van der Waals surface area contributed by atoms with Crippen molar-refractivity contribution in [3.63, 3.8) is 0 Å². The minimum absolute atomic E-state index is 0. The van der Waals surface area contributed by atoms with E-state index in [1.807, 2.05) is 0 Å². The average molecular weight is 414 g/mol. The molecule has 0 amide bonds. The smallest absolute Gasteiger partial charge is 1.00 e. The Labute approximate surface area is 106 Å². The molecule has 0 spiro atoms. The molecule has 0 bridgehead atoms. The van der Waals surface area contributed by atoms with E-state index in [1.165, 1.54) is 0 Å². The molecular formula is C6H16Cl2N2O2Pt. The Kier molecular flexibility index (Phi) is 42.3. The number of nitrogens with one attached hydrogen (secondary N) is 2. The van der Waals surface area contributed by atoms with Gasteiger partial charge in [-0.25, -0.2) is 0 Å². The number of hydrogen-bond donors (Lipinski definition) is 4. The Balaban J connectivity index is -0.000000135. The van der Waals surface area contributed by atoms with Gasteiger partial charge in [0.25, 0.3) is 0 Å². The van der Waals surface area contributed by atoms with Crippen molar-refractivity contribution in [1.82, 2.24) is 10.6 Å². The minimum atomic E-state index is 0. The Bertz CT molecular complexity index is 66.6. The standard InChI is InChI=1S/C6H16N2O2.2ClH.Pt/c9-5-3-7-1-2-8-4-6-10;;;/h7-10H,1-6H2;2*1H;/q;;;+2/p-2. The molecule has 0 saturated heterocycles. The summed E-state index contributed by atoms with van der Waals surface area (Å²) in [6.45, 7) is 3.31. The Morgan fingerprint density at radius 3 is 1.23 bits per heavy atom. The first-order valence-corrected chi connectivity index (χ1v) is 3.55. The number of hydrogen-bond acceptors (Lipinski definition) is 4. The number of aliphatic hydroxyl groups is 2. The van der Waals surface area contributed by atoms with Crippen LogP contribution in [0.3, 0.4) is 0 Å². The van der Waals surface area contributed by atoms with Gasteiger partial charge in [0.05, 0.1) is 13.2 Å². The van der Waals surface area contributed by atoms with Crippen molar-refractivity contribution in [2.24, 2.45) is 0 Å². The topological polar surface area (TPSA) is 64.5 Å². The maximum absolute atomic E-state index is 8.35. The van der Waals surface area contributed by atoms with Crippen molar-refractivity contribution < 1.29 is 56.1 Å². The number of rotatable bonds is 7. The molecule has 0 aliphatic carbocycles. The summed E-state index contributed by atoms with van der Waals surface area (Å²) in [6.07, 6.45) is 0. The predicted octanol–water partition coefficient (Wildman–Crippen LogP) is -7.84. The molecule has 0 fully saturated rings. The van der Waals surface area contributed by atoms with Gasteiger partial charge in [0.1, 0.15) is 0 Å². The first-order chi connectivity index (χ1) is 4.91. The predicted molar refractivity (Wildman–Crippen MR) is 39.9 cm³/mol. The van der Waals surface area contributed by atoms with E-state index in [-0.39, 0.29) is 59.1 Å². The van der Waals surface area contributed by atoms with Crippen molar-refractivity contribution in [2.45, 2.75) is 0 Å². The minimum Gasteiger partial charge on any atom is -1.00 e. The molecule has 0 unspecified atom stereocenters. The summed E-state index contributed by atoms with van der Waals surface area (Å²) in [6, 6.07) is 0. The maximum atomic E-state index is 8.35. The van der Waals surface area contributed by atoms with Crippen LogP contribution in [-0.2, 0) is 21.1 Å². The van der Waals surface area contributed by atoms with E-state index >= 15 is 0 Å². The molecule has 0 atom stereocenters. The van der Waals surface area contributed by atoms with Gasteiger partial charge in [0.2, 0.25) is 0 Å². The van der Waals surface area contributed by atoms with Crippen LogP contribution in [0.1, 0.15) is 0 Å². The molecule has 0 aromatic heterocycles. The second-order valence-corrected chi connectivity index (χ2v) is 1.95. The maximum Gasteiger partial charge on any atom is 2.00 e. The summed E-state index contributed by atoms with van der Waals surface area (Å²) in [5.74, 6) is 0. The molecule has 0 rings (SSSR count). The number of halogens is 2. The summed E-state index contributed by atoms with van der Waals surface area (Å²) in [5, 5.41) is 22.7. The quantitative estimate of drug-likeness (QED) is 0.313. The third-order valence-corrected chi connectivity index (χ3v) is 1.06. The van der Waals surface area contributed by atoms with E-state index < -0.39 is 0 Å². The molecule has 0 radical (unpaired) electrons. The van der Waals surface area contributed by atoms with E-state index in [1.54, 1.807) is 0 Å². The monoisotopic (exact) mass is 413 g/mol. The summed E-state index contributed by atoms with van der Waals surface area (Å²) in [5.41, 5.74) is 0. The molecular weight excluding hydrogens is 398 g/mol. The van der Waals surface area contributed by atoms with Gasteiger partial charge >= 0.3 is 21.1 Å². The Morgan fingerprint density at radius 2 is 1.00 bits per heavy atom. The SMILES string of the molecule is OCCNCCNCCO.[Cl-].[Cl-].[Pt+2]. The van der Waals surface area contributed by atoms with E-state index in [0.717, 1.165) is 13.1 Å². The van der Waals surface area contributed by atoms with Crippen LogP contribution < -0.4 is 35.4 Å². The fraction of sp³-hybridized carbons (Fsp3) is 1.00. The average Bonchev–Trinajstić information content (AvgIpc) is 1.97. The van der Waals surface area contributed by atoms with Crippen molar-refractivity contribution >= 4 is 0 Å². The molecule has 4 N–H and O–H groups in total.